The highest BCUT2D eigenvalue weighted by atomic mass is 19.4. The van der Waals surface area contributed by atoms with Gasteiger partial charge in [-0.05, 0) is 86.0 Å². The van der Waals surface area contributed by atoms with Crippen LogP contribution >= 0.6 is 0 Å². The first kappa shape index (κ1) is 25.7. The van der Waals surface area contributed by atoms with Crippen LogP contribution in [0.3, 0.4) is 0 Å². The molecule has 1 fully saturated rings. The predicted octanol–water partition coefficient (Wildman–Crippen LogP) is 6.69. The van der Waals surface area contributed by atoms with E-state index in [1.807, 2.05) is 12.1 Å². The molecule has 6 heteroatoms. The molecule has 0 amide bonds. The van der Waals surface area contributed by atoms with Crippen LogP contribution in [0.25, 0.3) is 10.8 Å². The van der Waals surface area contributed by atoms with Gasteiger partial charge in [0, 0.05) is 5.54 Å². The van der Waals surface area contributed by atoms with Crippen LogP contribution in [0, 0.1) is 5.92 Å². The molecule has 2 atom stereocenters. The quantitative estimate of drug-likeness (QED) is 0.318. The molecule has 0 aliphatic heterocycles. The minimum Gasteiger partial charge on any atom is -0.391 e. The summed E-state index contributed by atoms with van der Waals surface area (Å²) in [6, 6.07) is 20.2. The zero-order valence-electron chi connectivity index (χ0n) is 20.3. The Morgan fingerprint density at radius 2 is 1.71 bits per heavy atom. The molecule has 0 aromatic heterocycles. The van der Waals surface area contributed by atoms with E-state index in [0.717, 1.165) is 25.3 Å². The van der Waals surface area contributed by atoms with Crippen LogP contribution < -0.4 is 5.32 Å². The molecule has 1 aliphatic rings. The third-order valence-electron chi connectivity index (χ3n) is 6.60. The highest BCUT2D eigenvalue weighted by Gasteiger charge is 2.36. The van der Waals surface area contributed by atoms with Crippen LogP contribution in [0.5, 0.6) is 0 Å². The number of nitrogens with one attached hydrogen (secondary N) is 1. The van der Waals surface area contributed by atoms with Crippen molar-refractivity contribution in [1.82, 2.24) is 5.32 Å². The van der Waals surface area contributed by atoms with E-state index in [4.69, 9.17) is 4.74 Å². The zero-order chi connectivity index (χ0) is 25.1. The summed E-state index contributed by atoms with van der Waals surface area (Å²) in [6.45, 7) is 5.00. The van der Waals surface area contributed by atoms with Crippen molar-refractivity contribution in [2.24, 2.45) is 5.92 Å². The molecular formula is C29H34F3NO2. The van der Waals surface area contributed by atoms with Crippen LogP contribution in [-0.2, 0) is 17.3 Å². The van der Waals surface area contributed by atoms with Gasteiger partial charge >= 0.3 is 6.18 Å². The smallest absolute Gasteiger partial charge is 0.391 e. The van der Waals surface area contributed by atoms with E-state index in [1.165, 1.54) is 28.5 Å². The second-order valence-electron chi connectivity index (χ2n) is 10.3. The highest BCUT2D eigenvalue weighted by Crippen LogP contribution is 2.44. The summed E-state index contributed by atoms with van der Waals surface area (Å²) in [5.74, 6) is 0.213. The summed E-state index contributed by atoms with van der Waals surface area (Å²) in [6.07, 6.45) is -2.27. The third-order valence-corrected chi connectivity index (χ3v) is 6.60. The summed E-state index contributed by atoms with van der Waals surface area (Å²) < 4.78 is 45.3. The Labute approximate surface area is 205 Å². The molecule has 0 radical (unpaired) electrons. The van der Waals surface area contributed by atoms with E-state index in [2.05, 4.69) is 49.5 Å². The molecule has 0 spiro atoms. The largest absolute Gasteiger partial charge is 0.416 e. The van der Waals surface area contributed by atoms with Crippen LogP contribution in [0.4, 0.5) is 13.2 Å². The molecule has 188 valence electrons. The predicted molar refractivity (Wildman–Crippen MR) is 133 cm³/mol. The lowest BCUT2D eigenvalue weighted by molar-refractivity contribution is -0.137. The van der Waals surface area contributed by atoms with Crippen molar-refractivity contribution >= 4 is 10.8 Å². The van der Waals surface area contributed by atoms with Gasteiger partial charge in [0.25, 0.3) is 0 Å². The van der Waals surface area contributed by atoms with Gasteiger partial charge in [-0.2, -0.15) is 13.2 Å². The number of aliphatic hydroxyl groups is 1. The number of rotatable bonds is 11. The molecule has 3 aromatic carbocycles. The van der Waals surface area contributed by atoms with E-state index >= 15 is 0 Å². The average molecular weight is 486 g/mol. The molecule has 35 heavy (non-hydrogen) atoms. The van der Waals surface area contributed by atoms with E-state index in [-0.39, 0.29) is 18.1 Å². The van der Waals surface area contributed by atoms with Crippen LogP contribution in [0.2, 0.25) is 0 Å². The second-order valence-corrected chi connectivity index (χ2v) is 10.3. The minimum atomic E-state index is -4.38. The Kier molecular flexibility index (Phi) is 7.84. The van der Waals surface area contributed by atoms with Gasteiger partial charge in [0.05, 0.1) is 24.4 Å². The normalized spacial score (nSPS) is 16.4. The van der Waals surface area contributed by atoms with Crippen molar-refractivity contribution in [2.75, 3.05) is 13.2 Å². The molecule has 4 rings (SSSR count). The van der Waals surface area contributed by atoms with E-state index in [1.54, 1.807) is 6.07 Å². The lowest BCUT2D eigenvalue weighted by Gasteiger charge is -2.28. The van der Waals surface area contributed by atoms with Crippen molar-refractivity contribution in [1.29, 1.82) is 0 Å². The van der Waals surface area contributed by atoms with Crippen molar-refractivity contribution in [3.63, 3.8) is 0 Å². The number of fused-ring (bicyclic) bond motifs is 1. The molecular weight excluding hydrogens is 451 g/mol. The lowest BCUT2D eigenvalue weighted by atomic mass is 9.93. The van der Waals surface area contributed by atoms with Crippen LogP contribution in [0.1, 0.15) is 55.9 Å². The van der Waals surface area contributed by atoms with Gasteiger partial charge in [0.15, 0.2) is 0 Å². The summed E-state index contributed by atoms with van der Waals surface area (Å²) in [5.41, 5.74) is 0.961. The molecule has 1 saturated carbocycles. The molecule has 0 saturated heterocycles. The summed E-state index contributed by atoms with van der Waals surface area (Å²) in [5, 5.41) is 16.5. The first-order valence-corrected chi connectivity index (χ1v) is 12.3. The monoisotopic (exact) mass is 485 g/mol. The number of benzene rings is 3. The van der Waals surface area contributed by atoms with Crippen molar-refractivity contribution < 1.29 is 23.0 Å². The highest BCUT2D eigenvalue weighted by molar-refractivity contribution is 5.83. The molecule has 1 aliphatic carbocycles. The van der Waals surface area contributed by atoms with Gasteiger partial charge in [0.1, 0.15) is 0 Å². The maximum absolute atomic E-state index is 13.1. The summed E-state index contributed by atoms with van der Waals surface area (Å²) in [4.78, 5) is 0. The maximum Gasteiger partial charge on any atom is 0.416 e. The van der Waals surface area contributed by atoms with Gasteiger partial charge in [-0.15, -0.1) is 0 Å². The Balaban J connectivity index is 1.26. The fraction of sp³-hybridized carbons (Fsp3) is 0.448. The van der Waals surface area contributed by atoms with Crippen molar-refractivity contribution in [3.8, 4) is 0 Å². The lowest BCUT2D eigenvalue weighted by Crippen LogP contribution is -2.42. The van der Waals surface area contributed by atoms with Gasteiger partial charge in [-0.3, -0.25) is 0 Å². The number of hydrogen-bond acceptors (Lipinski definition) is 3. The third kappa shape index (κ3) is 7.29. The fourth-order valence-electron chi connectivity index (χ4n) is 4.59. The SMILES string of the molecule is CC(C)(Cc1ccc2ccccc2c1)NCC[C@@H](O)COC(c1cccc(C(F)(F)F)c1)C1CC1. The number of alkyl halides is 3. The maximum atomic E-state index is 13.1. The Bertz CT molecular complexity index is 1120. The van der Waals surface area contributed by atoms with Gasteiger partial charge in [-0.1, -0.05) is 54.6 Å². The zero-order valence-corrected chi connectivity index (χ0v) is 20.3. The summed E-state index contributed by atoms with van der Waals surface area (Å²) in [7, 11) is 0. The first-order valence-electron chi connectivity index (χ1n) is 12.3. The van der Waals surface area contributed by atoms with Gasteiger partial charge in [-0.25, -0.2) is 0 Å². The minimum absolute atomic E-state index is 0.101. The Hall–Kier alpha value is -2.41. The standard InChI is InChI=1S/C29H34F3NO2/c1-28(2,18-20-10-11-21-6-3-4-7-23(21)16-20)33-15-14-26(34)19-35-27(22-12-13-22)24-8-5-9-25(17-24)29(30,31)32/h3-11,16-17,22,26-27,33-34H,12-15,18-19H2,1-2H3/t26-,27?/m1/s1. The Morgan fingerprint density at radius 1 is 0.971 bits per heavy atom. The van der Waals surface area contributed by atoms with E-state index < -0.39 is 23.9 Å². The molecule has 3 nitrogen and oxygen atoms in total. The van der Waals surface area contributed by atoms with Gasteiger partial charge in [0.2, 0.25) is 0 Å². The Morgan fingerprint density at radius 3 is 2.43 bits per heavy atom. The van der Waals surface area contributed by atoms with Crippen molar-refractivity contribution in [2.45, 2.75) is 63.5 Å². The first-order chi connectivity index (χ1) is 16.6. The number of aliphatic hydroxyl groups excluding tert-OH is 1. The fourth-order valence-corrected chi connectivity index (χ4v) is 4.59. The molecule has 0 heterocycles. The number of halogens is 3. The van der Waals surface area contributed by atoms with Crippen molar-refractivity contribution in [3.05, 3.63) is 83.4 Å². The average Bonchev–Trinajstić information content (AvgIpc) is 3.64. The van der Waals surface area contributed by atoms with Crippen LogP contribution in [0.15, 0.2) is 66.7 Å². The van der Waals surface area contributed by atoms with Crippen LogP contribution in [-0.4, -0.2) is 29.9 Å². The number of ether oxygens (including phenoxy) is 1. The topological polar surface area (TPSA) is 41.5 Å². The molecule has 2 N–H and O–H groups in total. The second kappa shape index (κ2) is 10.7. The van der Waals surface area contributed by atoms with Gasteiger partial charge < -0.3 is 15.2 Å². The molecule has 1 unspecified atom stereocenters. The molecule has 3 aromatic rings. The molecule has 0 bridgehead atoms. The van der Waals surface area contributed by atoms with E-state index in [0.29, 0.717) is 18.5 Å². The summed E-state index contributed by atoms with van der Waals surface area (Å²) >= 11 is 0. The number of hydrogen-bond donors (Lipinski definition) is 2. The van der Waals surface area contributed by atoms with E-state index in [9.17, 15) is 18.3 Å².